The van der Waals surface area contributed by atoms with Crippen LogP contribution in [0.3, 0.4) is 0 Å². The largest absolute Gasteiger partial charge is 0.489 e. The van der Waals surface area contributed by atoms with Gasteiger partial charge in [0.05, 0.1) is 24.0 Å². The van der Waals surface area contributed by atoms with Crippen LogP contribution >= 0.6 is 0 Å². The molecule has 0 saturated heterocycles. The van der Waals surface area contributed by atoms with Gasteiger partial charge in [-0.2, -0.15) is 0 Å². The van der Waals surface area contributed by atoms with Crippen LogP contribution in [0.15, 0.2) is 60.8 Å². The van der Waals surface area contributed by atoms with Crippen LogP contribution < -0.4 is 4.74 Å². The van der Waals surface area contributed by atoms with Gasteiger partial charge in [0.1, 0.15) is 12.4 Å². The molecule has 0 amide bonds. The van der Waals surface area contributed by atoms with Crippen molar-refractivity contribution in [1.29, 1.82) is 0 Å². The third-order valence-electron chi connectivity index (χ3n) is 3.28. The van der Waals surface area contributed by atoms with Gasteiger partial charge in [-0.1, -0.05) is 35.5 Å². The average Bonchev–Trinajstić information content (AvgIpc) is 3.02. The predicted octanol–water partition coefficient (Wildman–Crippen LogP) is 2.47. The lowest BCUT2D eigenvalue weighted by Crippen LogP contribution is -2.08. The second-order valence-corrected chi connectivity index (χ2v) is 4.98. The Labute approximate surface area is 133 Å². The zero-order chi connectivity index (χ0) is 16.1. The van der Waals surface area contributed by atoms with Crippen LogP contribution in [-0.2, 0) is 17.8 Å². The number of nitrogens with zero attached hydrogens (tertiary/aromatic N) is 3. The quantitative estimate of drug-likeness (QED) is 0.757. The predicted molar refractivity (Wildman–Crippen MR) is 83.5 cm³/mol. The Bertz CT molecular complexity index is 782. The maximum atomic E-state index is 10.8. The fourth-order valence-corrected chi connectivity index (χ4v) is 2.17. The van der Waals surface area contributed by atoms with E-state index in [-0.39, 0.29) is 6.42 Å². The van der Waals surface area contributed by atoms with E-state index in [2.05, 4.69) is 10.3 Å². The Hall–Kier alpha value is -3.15. The summed E-state index contributed by atoms with van der Waals surface area (Å²) in [6.45, 7) is 0.494. The second-order valence-electron chi connectivity index (χ2n) is 4.98. The number of hydrogen-bond acceptors (Lipinski definition) is 4. The molecule has 23 heavy (non-hydrogen) atoms. The number of carbonyl (C=O) groups is 1. The highest BCUT2D eigenvalue weighted by atomic mass is 16.5. The SMILES string of the molecule is O=C(O)Cc1cnnn1-c1ccc(OCc2ccccc2)cc1. The van der Waals surface area contributed by atoms with Gasteiger partial charge in [-0.15, -0.1) is 5.10 Å². The first kappa shape index (κ1) is 14.8. The molecule has 0 atom stereocenters. The van der Waals surface area contributed by atoms with Crippen molar-refractivity contribution >= 4 is 5.97 Å². The lowest BCUT2D eigenvalue weighted by molar-refractivity contribution is -0.136. The Balaban J connectivity index is 1.70. The van der Waals surface area contributed by atoms with Crippen molar-refractivity contribution in [2.24, 2.45) is 0 Å². The molecule has 6 heteroatoms. The van der Waals surface area contributed by atoms with Crippen LogP contribution in [0.25, 0.3) is 5.69 Å². The van der Waals surface area contributed by atoms with E-state index < -0.39 is 5.97 Å². The van der Waals surface area contributed by atoms with Gasteiger partial charge in [-0.25, -0.2) is 4.68 Å². The van der Waals surface area contributed by atoms with Crippen LogP contribution in [0, 0.1) is 0 Å². The minimum absolute atomic E-state index is 0.126. The fraction of sp³-hybridized carbons (Fsp3) is 0.118. The molecule has 1 N–H and O–H groups in total. The maximum Gasteiger partial charge on any atom is 0.309 e. The first-order chi connectivity index (χ1) is 11.2. The molecular formula is C17H15N3O3. The highest BCUT2D eigenvalue weighted by Gasteiger charge is 2.10. The van der Waals surface area contributed by atoms with Crippen molar-refractivity contribution in [3.63, 3.8) is 0 Å². The molecule has 0 aliphatic rings. The third-order valence-corrected chi connectivity index (χ3v) is 3.28. The van der Waals surface area contributed by atoms with E-state index >= 15 is 0 Å². The first-order valence-electron chi connectivity index (χ1n) is 7.11. The molecule has 1 heterocycles. The molecule has 0 fully saturated rings. The molecular weight excluding hydrogens is 294 g/mol. The fourth-order valence-electron chi connectivity index (χ4n) is 2.17. The molecule has 1 aromatic heterocycles. The summed E-state index contributed by atoms with van der Waals surface area (Å²) >= 11 is 0. The van der Waals surface area contributed by atoms with E-state index in [0.29, 0.717) is 12.3 Å². The van der Waals surface area contributed by atoms with Crippen LogP contribution in [0.2, 0.25) is 0 Å². The van der Waals surface area contributed by atoms with Crippen LogP contribution in [0.1, 0.15) is 11.3 Å². The smallest absolute Gasteiger partial charge is 0.309 e. The highest BCUT2D eigenvalue weighted by Crippen LogP contribution is 2.17. The summed E-state index contributed by atoms with van der Waals surface area (Å²) < 4.78 is 7.23. The number of aliphatic carboxylic acids is 1. The van der Waals surface area contributed by atoms with Gasteiger partial charge in [-0.3, -0.25) is 4.79 Å². The molecule has 0 saturated carbocycles. The van der Waals surface area contributed by atoms with Gasteiger partial charge in [0, 0.05) is 0 Å². The van der Waals surface area contributed by atoms with Crippen molar-refractivity contribution in [3.05, 3.63) is 72.1 Å². The number of carboxylic acids is 1. The summed E-state index contributed by atoms with van der Waals surface area (Å²) in [4.78, 5) is 10.8. The zero-order valence-electron chi connectivity index (χ0n) is 12.3. The van der Waals surface area contributed by atoms with Gasteiger partial charge in [-0.05, 0) is 29.8 Å². The molecule has 0 radical (unpaired) electrons. The van der Waals surface area contributed by atoms with Crippen molar-refractivity contribution in [1.82, 2.24) is 15.0 Å². The first-order valence-corrected chi connectivity index (χ1v) is 7.11. The molecule has 0 unspecified atom stereocenters. The molecule has 0 spiro atoms. The molecule has 0 aliphatic heterocycles. The lowest BCUT2D eigenvalue weighted by atomic mass is 10.2. The van der Waals surface area contributed by atoms with Crippen LogP contribution in [0.5, 0.6) is 5.75 Å². The average molecular weight is 309 g/mol. The van der Waals surface area contributed by atoms with Gasteiger partial charge in [0.2, 0.25) is 0 Å². The van der Waals surface area contributed by atoms with E-state index in [1.54, 1.807) is 0 Å². The summed E-state index contributed by atoms with van der Waals surface area (Å²) in [6, 6.07) is 17.2. The van der Waals surface area contributed by atoms with Crippen LogP contribution in [-0.4, -0.2) is 26.1 Å². The standard InChI is InChI=1S/C17H15N3O3/c21-17(22)10-15-11-18-19-20(15)14-6-8-16(9-7-14)23-12-13-4-2-1-3-5-13/h1-9,11H,10,12H2,(H,21,22). The summed E-state index contributed by atoms with van der Waals surface area (Å²) in [7, 11) is 0. The normalized spacial score (nSPS) is 10.4. The van der Waals surface area contributed by atoms with Gasteiger partial charge in [0.15, 0.2) is 0 Å². The number of aromatic nitrogens is 3. The summed E-state index contributed by atoms with van der Waals surface area (Å²) in [5.74, 6) is -0.186. The Morgan fingerprint density at radius 3 is 2.52 bits per heavy atom. The topological polar surface area (TPSA) is 77.2 Å². The Morgan fingerprint density at radius 2 is 1.83 bits per heavy atom. The number of carboxylic acid groups (broad SMARTS) is 1. The molecule has 6 nitrogen and oxygen atoms in total. The summed E-state index contributed by atoms with van der Waals surface area (Å²) in [5.41, 5.74) is 2.36. The summed E-state index contributed by atoms with van der Waals surface area (Å²) in [5, 5.41) is 16.6. The molecule has 3 aromatic rings. The number of hydrogen-bond donors (Lipinski definition) is 1. The van der Waals surface area contributed by atoms with E-state index in [1.165, 1.54) is 10.9 Å². The lowest BCUT2D eigenvalue weighted by Gasteiger charge is -2.08. The van der Waals surface area contributed by atoms with E-state index in [0.717, 1.165) is 17.0 Å². The third kappa shape index (κ3) is 3.74. The van der Waals surface area contributed by atoms with Gasteiger partial charge >= 0.3 is 5.97 Å². The zero-order valence-corrected chi connectivity index (χ0v) is 12.3. The van der Waals surface area contributed by atoms with E-state index in [9.17, 15) is 4.79 Å². The van der Waals surface area contributed by atoms with Gasteiger partial charge < -0.3 is 9.84 Å². The second kappa shape index (κ2) is 6.74. The van der Waals surface area contributed by atoms with Crippen molar-refractivity contribution in [2.45, 2.75) is 13.0 Å². The van der Waals surface area contributed by atoms with Crippen molar-refractivity contribution < 1.29 is 14.6 Å². The van der Waals surface area contributed by atoms with Crippen molar-refractivity contribution in [3.8, 4) is 11.4 Å². The maximum absolute atomic E-state index is 10.8. The minimum Gasteiger partial charge on any atom is -0.489 e. The Kier molecular flexibility index (Phi) is 4.33. The number of benzene rings is 2. The van der Waals surface area contributed by atoms with Crippen LogP contribution in [0.4, 0.5) is 0 Å². The van der Waals surface area contributed by atoms with E-state index in [4.69, 9.17) is 9.84 Å². The number of ether oxygens (including phenoxy) is 1. The monoisotopic (exact) mass is 309 g/mol. The minimum atomic E-state index is -0.920. The molecule has 2 aromatic carbocycles. The molecule has 0 aliphatic carbocycles. The molecule has 0 bridgehead atoms. The molecule has 3 rings (SSSR count). The van der Waals surface area contributed by atoms with Gasteiger partial charge in [0.25, 0.3) is 0 Å². The Morgan fingerprint density at radius 1 is 1.09 bits per heavy atom. The summed E-state index contributed by atoms with van der Waals surface area (Å²) in [6.07, 6.45) is 1.33. The van der Waals surface area contributed by atoms with Crippen molar-refractivity contribution in [2.75, 3.05) is 0 Å². The highest BCUT2D eigenvalue weighted by molar-refractivity contribution is 5.69. The van der Waals surface area contributed by atoms with E-state index in [1.807, 2.05) is 54.6 Å². The number of rotatable bonds is 6. The molecule has 116 valence electrons.